The minimum Gasteiger partial charge on any atom is -0.492 e. The van der Waals surface area contributed by atoms with Crippen molar-refractivity contribution < 1.29 is 17.9 Å². The molecule has 1 saturated heterocycles. The van der Waals surface area contributed by atoms with Crippen LogP contribution in [0, 0.1) is 0 Å². The Balaban J connectivity index is 1.64. The summed E-state index contributed by atoms with van der Waals surface area (Å²) in [5.74, 6) is 0.234. The van der Waals surface area contributed by atoms with E-state index < -0.39 is 15.4 Å². The van der Waals surface area contributed by atoms with E-state index in [2.05, 4.69) is 5.32 Å². The molecular formula is C23H28N2O4S. The summed E-state index contributed by atoms with van der Waals surface area (Å²) in [6.45, 7) is 3.22. The molecule has 2 aromatic carbocycles. The normalized spacial score (nSPS) is 18.6. The second-order valence-corrected chi connectivity index (χ2v) is 9.87. The van der Waals surface area contributed by atoms with Gasteiger partial charge in [0, 0.05) is 18.8 Å². The van der Waals surface area contributed by atoms with E-state index in [-0.39, 0.29) is 10.8 Å². The molecule has 4 rings (SSSR count). The summed E-state index contributed by atoms with van der Waals surface area (Å²) < 4.78 is 33.5. The van der Waals surface area contributed by atoms with Crippen LogP contribution in [0.3, 0.4) is 0 Å². The summed E-state index contributed by atoms with van der Waals surface area (Å²) >= 11 is 0. The molecule has 0 spiro atoms. The lowest BCUT2D eigenvalue weighted by Crippen LogP contribution is -2.46. The van der Waals surface area contributed by atoms with Gasteiger partial charge in [-0.15, -0.1) is 0 Å². The summed E-state index contributed by atoms with van der Waals surface area (Å²) in [6.07, 6.45) is 4.30. The Morgan fingerprint density at radius 2 is 1.77 bits per heavy atom. The van der Waals surface area contributed by atoms with Crippen LogP contribution in [0.1, 0.15) is 44.6 Å². The molecular weight excluding hydrogens is 400 g/mol. The van der Waals surface area contributed by atoms with Crippen LogP contribution >= 0.6 is 0 Å². The summed E-state index contributed by atoms with van der Waals surface area (Å²) in [5, 5.41) is 2.98. The number of carbonyl (C=O) groups is 1. The van der Waals surface area contributed by atoms with Gasteiger partial charge < -0.3 is 10.1 Å². The zero-order chi connectivity index (χ0) is 21.2. The lowest BCUT2D eigenvalue weighted by Gasteiger charge is -2.40. The average molecular weight is 429 g/mol. The van der Waals surface area contributed by atoms with Crippen molar-refractivity contribution in [3.05, 3.63) is 54.1 Å². The van der Waals surface area contributed by atoms with Gasteiger partial charge >= 0.3 is 0 Å². The Hall–Kier alpha value is -2.38. The van der Waals surface area contributed by atoms with Crippen molar-refractivity contribution in [2.24, 2.45) is 0 Å². The van der Waals surface area contributed by atoms with E-state index in [0.29, 0.717) is 31.1 Å². The molecule has 2 aliphatic rings. The lowest BCUT2D eigenvalue weighted by atomic mass is 9.64. The Labute approximate surface area is 178 Å². The summed E-state index contributed by atoms with van der Waals surface area (Å²) in [4.78, 5) is 13.4. The van der Waals surface area contributed by atoms with Crippen LogP contribution in [0.5, 0.6) is 5.75 Å². The molecule has 0 unspecified atom stereocenters. The Morgan fingerprint density at radius 3 is 2.37 bits per heavy atom. The molecule has 1 saturated carbocycles. The minimum atomic E-state index is -3.67. The molecule has 1 heterocycles. The third-order valence-corrected chi connectivity index (χ3v) is 8.07. The molecule has 2 fully saturated rings. The van der Waals surface area contributed by atoms with Crippen LogP contribution in [-0.2, 0) is 20.2 Å². The molecule has 1 aliphatic heterocycles. The number of nitrogens with one attached hydrogen (secondary N) is 1. The molecule has 6 nitrogen and oxygen atoms in total. The SMILES string of the molecule is CCOc1ccc(NC(=O)C2(c3ccccc3)CCC2)cc1S(=O)(=O)N1CCCC1. The van der Waals surface area contributed by atoms with Crippen LogP contribution in [0.15, 0.2) is 53.4 Å². The first-order chi connectivity index (χ1) is 14.5. The number of hydrogen-bond acceptors (Lipinski definition) is 4. The number of nitrogens with zero attached hydrogens (tertiary/aromatic N) is 1. The number of benzene rings is 2. The van der Waals surface area contributed by atoms with E-state index in [4.69, 9.17) is 4.74 Å². The van der Waals surface area contributed by atoms with Crippen LogP contribution in [0.4, 0.5) is 5.69 Å². The molecule has 2 aromatic rings. The third-order valence-electron chi connectivity index (χ3n) is 6.15. The van der Waals surface area contributed by atoms with Crippen molar-refractivity contribution in [2.75, 3.05) is 25.0 Å². The number of anilines is 1. The third kappa shape index (κ3) is 3.72. The smallest absolute Gasteiger partial charge is 0.246 e. The fourth-order valence-corrected chi connectivity index (χ4v) is 5.99. The first-order valence-electron chi connectivity index (χ1n) is 10.6. The highest BCUT2D eigenvalue weighted by atomic mass is 32.2. The number of amides is 1. The maximum atomic E-state index is 13.2. The van der Waals surface area contributed by atoms with E-state index in [1.807, 2.05) is 37.3 Å². The quantitative estimate of drug-likeness (QED) is 0.725. The number of sulfonamides is 1. The molecule has 0 radical (unpaired) electrons. The second-order valence-electron chi connectivity index (χ2n) is 7.96. The molecule has 1 N–H and O–H groups in total. The van der Waals surface area contributed by atoms with Gasteiger partial charge in [0.25, 0.3) is 0 Å². The van der Waals surface area contributed by atoms with Gasteiger partial charge in [-0.2, -0.15) is 4.31 Å². The maximum absolute atomic E-state index is 13.2. The summed E-state index contributed by atoms with van der Waals surface area (Å²) in [7, 11) is -3.67. The van der Waals surface area contributed by atoms with Gasteiger partial charge in [0.05, 0.1) is 12.0 Å². The van der Waals surface area contributed by atoms with Crippen molar-refractivity contribution in [2.45, 2.75) is 49.3 Å². The summed E-state index contributed by atoms with van der Waals surface area (Å²) in [6, 6.07) is 14.7. The van der Waals surface area contributed by atoms with Gasteiger partial charge in [0.1, 0.15) is 10.6 Å². The number of ether oxygens (including phenoxy) is 1. The lowest BCUT2D eigenvalue weighted by molar-refractivity contribution is -0.124. The highest BCUT2D eigenvalue weighted by molar-refractivity contribution is 7.89. The molecule has 0 bridgehead atoms. The summed E-state index contributed by atoms with van der Waals surface area (Å²) in [5.41, 5.74) is 0.932. The van der Waals surface area contributed by atoms with Gasteiger partial charge in [-0.25, -0.2) is 8.42 Å². The largest absolute Gasteiger partial charge is 0.492 e. The van der Waals surface area contributed by atoms with Gasteiger partial charge in [-0.3, -0.25) is 4.79 Å². The zero-order valence-electron chi connectivity index (χ0n) is 17.3. The van der Waals surface area contributed by atoms with Crippen molar-refractivity contribution >= 4 is 21.6 Å². The Bertz CT molecular complexity index is 1010. The van der Waals surface area contributed by atoms with Gasteiger partial charge in [0.15, 0.2) is 0 Å². The van der Waals surface area contributed by atoms with Crippen molar-refractivity contribution in [3.63, 3.8) is 0 Å². The standard InChI is InChI=1S/C23H28N2O4S/c1-2-29-20-12-11-19(17-21(20)30(27,28)25-15-6-7-16-25)24-22(26)23(13-8-14-23)18-9-4-3-5-10-18/h3-5,9-12,17H,2,6-8,13-16H2,1H3,(H,24,26). The van der Waals surface area contributed by atoms with Crippen LogP contribution in [0.2, 0.25) is 0 Å². The van der Waals surface area contributed by atoms with Crippen molar-refractivity contribution in [1.29, 1.82) is 0 Å². The van der Waals surface area contributed by atoms with Crippen LogP contribution < -0.4 is 10.1 Å². The van der Waals surface area contributed by atoms with Crippen molar-refractivity contribution in [3.8, 4) is 5.75 Å². The van der Waals surface area contributed by atoms with E-state index in [0.717, 1.165) is 37.7 Å². The molecule has 7 heteroatoms. The Morgan fingerprint density at radius 1 is 1.07 bits per heavy atom. The predicted octanol–water partition coefficient (Wildman–Crippen LogP) is 3.93. The van der Waals surface area contributed by atoms with Crippen LogP contribution in [-0.4, -0.2) is 38.3 Å². The van der Waals surface area contributed by atoms with E-state index in [1.54, 1.807) is 12.1 Å². The molecule has 30 heavy (non-hydrogen) atoms. The Kier molecular flexibility index (Phi) is 5.84. The molecule has 1 aliphatic carbocycles. The van der Waals surface area contributed by atoms with E-state index >= 15 is 0 Å². The average Bonchev–Trinajstić information content (AvgIpc) is 3.25. The molecule has 160 valence electrons. The van der Waals surface area contributed by atoms with Crippen molar-refractivity contribution in [1.82, 2.24) is 4.31 Å². The number of hydrogen-bond donors (Lipinski definition) is 1. The zero-order valence-corrected chi connectivity index (χ0v) is 18.1. The molecule has 1 amide bonds. The fraction of sp³-hybridized carbons (Fsp3) is 0.435. The fourth-order valence-electron chi connectivity index (χ4n) is 4.31. The highest BCUT2D eigenvalue weighted by Gasteiger charge is 2.45. The molecule has 0 atom stereocenters. The first kappa shape index (κ1) is 20.9. The topological polar surface area (TPSA) is 75.7 Å². The second kappa shape index (κ2) is 8.40. The molecule has 0 aromatic heterocycles. The predicted molar refractivity (Wildman–Crippen MR) is 116 cm³/mol. The van der Waals surface area contributed by atoms with Gasteiger partial charge in [-0.1, -0.05) is 36.8 Å². The highest BCUT2D eigenvalue weighted by Crippen LogP contribution is 2.44. The van der Waals surface area contributed by atoms with Gasteiger partial charge in [0.2, 0.25) is 15.9 Å². The monoisotopic (exact) mass is 428 g/mol. The van der Waals surface area contributed by atoms with E-state index in [9.17, 15) is 13.2 Å². The number of carbonyl (C=O) groups excluding carboxylic acids is 1. The van der Waals surface area contributed by atoms with Crippen LogP contribution in [0.25, 0.3) is 0 Å². The minimum absolute atomic E-state index is 0.0892. The van der Waals surface area contributed by atoms with Gasteiger partial charge in [-0.05, 0) is 56.4 Å². The number of rotatable bonds is 7. The van der Waals surface area contributed by atoms with E-state index in [1.165, 1.54) is 10.4 Å². The maximum Gasteiger partial charge on any atom is 0.246 e. The first-order valence-corrected chi connectivity index (χ1v) is 12.1.